The monoisotopic (exact) mass is 357 g/mol. The number of hydrogen-bond donors (Lipinski definition) is 1. The minimum atomic E-state index is -0.762. The van der Waals surface area contributed by atoms with Gasteiger partial charge in [-0.2, -0.15) is 0 Å². The molecule has 0 aliphatic carbocycles. The maximum atomic E-state index is 12.7. The zero-order valence-corrected chi connectivity index (χ0v) is 15.0. The van der Waals surface area contributed by atoms with E-state index in [9.17, 15) is 14.9 Å². The Kier molecular flexibility index (Phi) is 5.25. The van der Waals surface area contributed by atoms with Crippen molar-refractivity contribution in [3.8, 4) is 0 Å². The number of nitro groups is 1. The van der Waals surface area contributed by atoms with Crippen LogP contribution in [0.2, 0.25) is 0 Å². The summed E-state index contributed by atoms with van der Waals surface area (Å²) in [5, 5.41) is 15.3. The van der Waals surface area contributed by atoms with Gasteiger partial charge in [-0.15, -0.1) is 0 Å². The van der Waals surface area contributed by atoms with Gasteiger partial charge in [-0.3, -0.25) is 10.1 Å². The first kappa shape index (κ1) is 18.0. The molecule has 0 spiro atoms. The van der Waals surface area contributed by atoms with Crippen LogP contribution in [0.5, 0.6) is 0 Å². The summed E-state index contributed by atoms with van der Waals surface area (Å²) in [6.45, 7) is 5.10. The summed E-state index contributed by atoms with van der Waals surface area (Å²) in [5.41, 5.74) is 1.77. The lowest BCUT2D eigenvalue weighted by atomic mass is 9.84. The largest absolute Gasteiger partial charge is 0.463 e. The standard InChI is InChI=1S/C19H23N3O4/c1-3-26-19(23)15-13(2)21-12-8-7-11-20-18(21)17(22(24)25)16(15)14-9-5-4-6-10-14/h4-6,9-10,16,20H,3,7-8,11-12H2,1-2H3. The summed E-state index contributed by atoms with van der Waals surface area (Å²) in [7, 11) is 0. The molecule has 1 aromatic rings. The normalized spacial score (nSPS) is 20.2. The number of nitrogens with zero attached hydrogens (tertiary/aromatic N) is 2. The molecule has 26 heavy (non-hydrogen) atoms. The summed E-state index contributed by atoms with van der Waals surface area (Å²) in [4.78, 5) is 26.3. The Morgan fingerprint density at radius 2 is 2.08 bits per heavy atom. The van der Waals surface area contributed by atoms with E-state index in [2.05, 4.69) is 5.32 Å². The second kappa shape index (κ2) is 7.59. The number of esters is 1. The molecule has 0 radical (unpaired) electrons. The molecule has 0 bridgehead atoms. The van der Waals surface area contributed by atoms with Crippen LogP contribution in [-0.2, 0) is 9.53 Å². The SMILES string of the molecule is CCOC(=O)C1=C(C)N2CCCCNC2=C([N+](=O)[O-])C1c1ccccc1. The number of rotatable bonds is 4. The van der Waals surface area contributed by atoms with Crippen molar-refractivity contribution in [2.24, 2.45) is 0 Å². The second-order valence-corrected chi connectivity index (χ2v) is 6.34. The predicted octanol–water partition coefficient (Wildman–Crippen LogP) is 2.75. The van der Waals surface area contributed by atoms with Crippen LogP contribution in [0.3, 0.4) is 0 Å². The first-order valence-electron chi connectivity index (χ1n) is 8.89. The maximum Gasteiger partial charge on any atom is 0.336 e. The molecule has 0 aromatic heterocycles. The molecule has 1 N–H and O–H groups in total. The number of fused-ring (bicyclic) bond motifs is 1. The Morgan fingerprint density at radius 1 is 1.35 bits per heavy atom. The van der Waals surface area contributed by atoms with Gasteiger partial charge in [0.15, 0.2) is 5.82 Å². The Balaban J connectivity index is 2.24. The first-order chi connectivity index (χ1) is 12.6. The number of ether oxygens (including phenoxy) is 1. The van der Waals surface area contributed by atoms with Crippen LogP contribution < -0.4 is 5.32 Å². The van der Waals surface area contributed by atoms with Crippen molar-refractivity contribution in [2.75, 3.05) is 19.7 Å². The van der Waals surface area contributed by atoms with Crippen molar-refractivity contribution < 1.29 is 14.5 Å². The third-order valence-corrected chi connectivity index (χ3v) is 4.80. The fourth-order valence-electron chi connectivity index (χ4n) is 3.64. The van der Waals surface area contributed by atoms with E-state index in [0.717, 1.165) is 12.8 Å². The van der Waals surface area contributed by atoms with Crippen LogP contribution in [0.4, 0.5) is 0 Å². The van der Waals surface area contributed by atoms with Gasteiger partial charge in [0.25, 0.3) is 5.70 Å². The van der Waals surface area contributed by atoms with Crippen LogP contribution in [0.25, 0.3) is 0 Å². The summed E-state index contributed by atoms with van der Waals surface area (Å²) < 4.78 is 5.25. The van der Waals surface area contributed by atoms with Gasteiger partial charge in [-0.05, 0) is 32.3 Å². The average molecular weight is 357 g/mol. The molecule has 138 valence electrons. The number of benzene rings is 1. The quantitative estimate of drug-likeness (QED) is 0.507. The van der Waals surface area contributed by atoms with E-state index in [0.29, 0.717) is 35.7 Å². The smallest absolute Gasteiger partial charge is 0.336 e. The topological polar surface area (TPSA) is 84.7 Å². The van der Waals surface area contributed by atoms with Gasteiger partial charge in [0, 0.05) is 18.8 Å². The van der Waals surface area contributed by atoms with Gasteiger partial charge in [0.1, 0.15) is 5.92 Å². The average Bonchev–Trinajstić information content (AvgIpc) is 2.88. The van der Waals surface area contributed by atoms with Gasteiger partial charge >= 0.3 is 5.97 Å². The van der Waals surface area contributed by atoms with E-state index in [1.165, 1.54) is 0 Å². The van der Waals surface area contributed by atoms with Gasteiger partial charge in [0.05, 0.1) is 17.1 Å². The Morgan fingerprint density at radius 3 is 2.73 bits per heavy atom. The van der Waals surface area contributed by atoms with E-state index in [1.54, 1.807) is 6.92 Å². The Hall–Kier alpha value is -2.83. The van der Waals surface area contributed by atoms with Crippen molar-refractivity contribution in [2.45, 2.75) is 32.6 Å². The summed E-state index contributed by atoms with van der Waals surface area (Å²) in [5.74, 6) is -0.768. The fraction of sp³-hybridized carbons (Fsp3) is 0.421. The first-order valence-corrected chi connectivity index (χ1v) is 8.89. The molecule has 1 aromatic carbocycles. The number of carbonyl (C=O) groups is 1. The molecular weight excluding hydrogens is 334 g/mol. The zero-order valence-electron chi connectivity index (χ0n) is 15.0. The molecule has 7 heteroatoms. The van der Waals surface area contributed by atoms with Crippen LogP contribution in [0, 0.1) is 10.1 Å². The van der Waals surface area contributed by atoms with Crippen LogP contribution in [-0.4, -0.2) is 35.5 Å². The Labute approximate surface area is 152 Å². The number of nitrogens with one attached hydrogen (secondary N) is 1. The molecule has 2 aliphatic heterocycles. The van der Waals surface area contributed by atoms with E-state index in [1.807, 2.05) is 42.2 Å². The number of allylic oxidation sites excluding steroid dienone is 2. The van der Waals surface area contributed by atoms with Crippen molar-refractivity contribution >= 4 is 5.97 Å². The second-order valence-electron chi connectivity index (χ2n) is 6.34. The van der Waals surface area contributed by atoms with E-state index >= 15 is 0 Å². The van der Waals surface area contributed by atoms with Crippen LogP contribution in [0.1, 0.15) is 38.2 Å². The minimum Gasteiger partial charge on any atom is -0.463 e. The Bertz CT molecular complexity index is 770. The molecule has 1 fully saturated rings. The molecule has 7 nitrogen and oxygen atoms in total. The van der Waals surface area contributed by atoms with Crippen LogP contribution >= 0.6 is 0 Å². The zero-order chi connectivity index (χ0) is 18.7. The highest BCUT2D eigenvalue weighted by molar-refractivity contribution is 5.92. The van der Waals surface area contributed by atoms with Gasteiger partial charge in [-0.1, -0.05) is 30.3 Å². The third kappa shape index (κ3) is 3.16. The highest BCUT2D eigenvalue weighted by Crippen LogP contribution is 2.42. The summed E-state index contributed by atoms with van der Waals surface area (Å²) in [6.07, 6.45) is 1.81. The number of hydrogen-bond acceptors (Lipinski definition) is 6. The lowest BCUT2D eigenvalue weighted by Crippen LogP contribution is -2.39. The van der Waals surface area contributed by atoms with E-state index in [-0.39, 0.29) is 17.2 Å². The molecule has 2 heterocycles. The van der Waals surface area contributed by atoms with Crippen molar-refractivity contribution in [3.05, 3.63) is 68.8 Å². The van der Waals surface area contributed by atoms with Crippen molar-refractivity contribution in [3.63, 3.8) is 0 Å². The fourth-order valence-corrected chi connectivity index (χ4v) is 3.64. The van der Waals surface area contributed by atoms with Gasteiger partial charge in [-0.25, -0.2) is 4.79 Å². The lowest BCUT2D eigenvalue weighted by Gasteiger charge is -2.34. The van der Waals surface area contributed by atoms with Crippen LogP contribution in [0.15, 0.2) is 53.1 Å². The molecule has 3 rings (SSSR count). The third-order valence-electron chi connectivity index (χ3n) is 4.80. The molecule has 2 aliphatic rings. The van der Waals surface area contributed by atoms with Crippen molar-refractivity contribution in [1.82, 2.24) is 10.2 Å². The summed E-state index contributed by atoms with van der Waals surface area (Å²) in [6, 6.07) is 9.12. The lowest BCUT2D eigenvalue weighted by molar-refractivity contribution is -0.432. The molecule has 1 unspecified atom stereocenters. The maximum absolute atomic E-state index is 12.7. The molecule has 1 atom stereocenters. The predicted molar refractivity (Wildman–Crippen MR) is 96.5 cm³/mol. The molecule has 0 saturated carbocycles. The highest BCUT2D eigenvalue weighted by Gasteiger charge is 2.45. The van der Waals surface area contributed by atoms with Gasteiger partial charge < -0.3 is 15.0 Å². The molecular formula is C19H23N3O4. The highest BCUT2D eigenvalue weighted by atomic mass is 16.6. The molecule has 1 saturated heterocycles. The van der Waals surface area contributed by atoms with E-state index in [4.69, 9.17) is 4.74 Å². The number of carbonyl (C=O) groups excluding carboxylic acids is 1. The molecule has 0 amide bonds. The van der Waals surface area contributed by atoms with Crippen molar-refractivity contribution in [1.29, 1.82) is 0 Å². The van der Waals surface area contributed by atoms with Gasteiger partial charge in [0.2, 0.25) is 0 Å². The van der Waals surface area contributed by atoms with E-state index < -0.39 is 11.9 Å². The summed E-state index contributed by atoms with van der Waals surface area (Å²) >= 11 is 0. The minimum absolute atomic E-state index is 0.00625.